The van der Waals surface area contributed by atoms with E-state index < -0.39 is 10.0 Å². The van der Waals surface area contributed by atoms with Gasteiger partial charge in [-0.25, -0.2) is 8.42 Å². The van der Waals surface area contributed by atoms with Gasteiger partial charge in [-0.1, -0.05) is 25.0 Å². The van der Waals surface area contributed by atoms with Gasteiger partial charge < -0.3 is 10.6 Å². The normalized spacial score (nSPS) is 19.2. The largest absolute Gasteiger partial charge is 0.352 e. The van der Waals surface area contributed by atoms with Crippen molar-refractivity contribution < 1.29 is 8.42 Å². The van der Waals surface area contributed by atoms with Gasteiger partial charge in [0.05, 0.1) is 11.4 Å². The molecule has 0 radical (unpaired) electrons. The molecule has 0 aromatic heterocycles. The summed E-state index contributed by atoms with van der Waals surface area (Å²) in [6.07, 6.45) is 7.22. The first kappa shape index (κ1) is 19.3. The van der Waals surface area contributed by atoms with Gasteiger partial charge in [0, 0.05) is 26.7 Å². The van der Waals surface area contributed by atoms with Crippen molar-refractivity contribution in [3.8, 4) is 12.3 Å². The van der Waals surface area contributed by atoms with Gasteiger partial charge in [0.1, 0.15) is 0 Å². The van der Waals surface area contributed by atoms with E-state index in [-0.39, 0.29) is 0 Å². The molecule has 1 heterocycles. The second kappa shape index (κ2) is 8.88. The maximum Gasteiger partial charge on any atom is 0.243 e. The molecule has 0 bridgehead atoms. The van der Waals surface area contributed by atoms with Crippen molar-refractivity contribution in [1.82, 2.24) is 14.9 Å². The van der Waals surface area contributed by atoms with Crippen LogP contribution in [0, 0.1) is 18.3 Å². The Kier molecular flexibility index (Phi) is 6.85. The van der Waals surface area contributed by atoms with E-state index >= 15 is 0 Å². The van der Waals surface area contributed by atoms with Crippen molar-refractivity contribution in [3.63, 3.8) is 0 Å². The minimum absolute atomic E-state index is 0.347. The minimum atomic E-state index is -3.40. The highest BCUT2D eigenvalue weighted by molar-refractivity contribution is 7.89. The van der Waals surface area contributed by atoms with Gasteiger partial charge in [0.15, 0.2) is 5.96 Å². The Bertz CT molecular complexity index is 735. The van der Waals surface area contributed by atoms with Crippen molar-refractivity contribution in [3.05, 3.63) is 29.8 Å². The fourth-order valence-corrected chi connectivity index (χ4v) is 4.43. The van der Waals surface area contributed by atoms with Gasteiger partial charge in [-0.15, -0.1) is 6.42 Å². The SMILES string of the molecule is C#CCNC(=NC)NCc1ccc(S(=O)(=O)N2CCCC(C)C2)cc1. The first-order valence-electron chi connectivity index (χ1n) is 8.44. The number of hydrogen-bond donors (Lipinski definition) is 2. The molecule has 1 aromatic carbocycles. The number of nitrogens with one attached hydrogen (secondary N) is 2. The summed E-state index contributed by atoms with van der Waals surface area (Å²) < 4.78 is 27.1. The van der Waals surface area contributed by atoms with Crippen LogP contribution in [0.3, 0.4) is 0 Å². The van der Waals surface area contributed by atoms with E-state index in [0.29, 0.717) is 43.0 Å². The number of rotatable bonds is 5. The molecular formula is C18H26N4O2S. The molecule has 1 fully saturated rings. The standard InChI is InChI=1S/C18H26N4O2S/c1-4-11-20-18(19-3)21-13-16-7-9-17(10-8-16)25(23,24)22-12-5-6-15(2)14-22/h1,7-10,15H,5-6,11-14H2,2-3H3,(H2,19,20,21). The molecule has 2 N–H and O–H groups in total. The molecule has 7 heteroatoms. The summed E-state index contributed by atoms with van der Waals surface area (Å²) in [5.41, 5.74) is 0.967. The minimum Gasteiger partial charge on any atom is -0.352 e. The van der Waals surface area contributed by atoms with E-state index in [9.17, 15) is 8.42 Å². The van der Waals surface area contributed by atoms with Crippen molar-refractivity contribution in [2.75, 3.05) is 26.7 Å². The number of terminal acetylenes is 1. The number of hydrogen-bond acceptors (Lipinski definition) is 3. The molecule has 0 aliphatic carbocycles. The predicted molar refractivity (Wildman–Crippen MR) is 101 cm³/mol. The van der Waals surface area contributed by atoms with Gasteiger partial charge in [-0.2, -0.15) is 4.31 Å². The molecular weight excluding hydrogens is 336 g/mol. The van der Waals surface area contributed by atoms with Crippen molar-refractivity contribution in [1.29, 1.82) is 0 Å². The third-order valence-corrected chi connectivity index (χ3v) is 6.10. The van der Waals surface area contributed by atoms with E-state index in [1.165, 1.54) is 0 Å². The van der Waals surface area contributed by atoms with Gasteiger partial charge in [0.25, 0.3) is 0 Å². The molecule has 0 amide bonds. The predicted octanol–water partition coefficient (Wildman–Crippen LogP) is 1.41. The number of benzene rings is 1. The van der Waals surface area contributed by atoms with E-state index in [1.54, 1.807) is 23.5 Å². The smallest absolute Gasteiger partial charge is 0.243 e. The van der Waals surface area contributed by atoms with Crippen LogP contribution in [0.5, 0.6) is 0 Å². The maximum atomic E-state index is 12.7. The monoisotopic (exact) mass is 362 g/mol. The highest BCUT2D eigenvalue weighted by atomic mass is 32.2. The summed E-state index contributed by atoms with van der Waals surface area (Å²) in [5.74, 6) is 3.51. The summed E-state index contributed by atoms with van der Waals surface area (Å²) >= 11 is 0. The van der Waals surface area contributed by atoms with E-state index in [4.69, 9.17) is 6.42 Å². The highest BCUT2D eigenvalue weighted by Crippen LogP contribution is 2.23. The van der Waals surface area contributed by atoms with Gasteiger partial charge in [0.2, 0.25) is 10.0 Å². The topological polar surface area (TPSA) is 73.8 Å². The number of piperidine rings is 1. The van der Waals surface area contributed by atoms with Crippen LogP contribution in [0.1, 0.15) is 25.3 Å². The molecule has 1 aliphatic rings. The molecule has 1 unspecified atom stereocenters. The van der Waals surface area contributed by atoms with Crippen LogP contribution in [0.4, 0.5) is 0 Å². The van der Waals surface area contributed by atoms with Crippen molar-refractivity contribution >= 4 is 16.0 Å². The molecule has 6 nitrogen and oxygen atoms in total. The lowest BCUT2D eigenvalue weighted by molar-refractivity contribution is 0.281. The van der Waals surface area contributed by atoms with E-state index in [1.807, 2.05) is 12.1 Å². The Labute approximate surface area is 150 Å². The van der Waals surface area contributed by atoms with E-state index in [2.05, 4.69) is 28.5 Å². The fourth-order valence-electron chi connectivity index (χ4n) is 2.83. The van der Waals surface area contributed by atoms with Crippen LogP contribution in [0.2, 0.25) is 0 Å². The van der Waals surface area contributed by atoms with Crippen LogP contribution < -0.4 is 10.6 Å². The first-order chi connectivity index (χ1) is 12.0. The fraction of sp³-hybridized carbons (Fsp3) is 0.500. The van der Waals surface area contributed by atoms with Crippen LogP contribution in [0.25, 0.3) is 0 Å². The zero-order chi connectivity index (χ0) is 18.3. The number of nitrogens with zero attached hydrogens (tertiary/aromatic N) is 2. The molecule has 1 aliphatic heterocycles. The van der Waals surface area contributed by atoms with Gasteiger partial charge in [-0.3, -0.25) is 4.99 Å². The van der Waals surface area contributed by atoms with Gasteiger partial charge >= 0.3 is 0 Å². The zero-order valence-electron chi connectivity index (χ0n) is 14.8. The lowest BCUT2D eigenvalue weighted by Gasteiger charge is -2.30. The van der Waals surface area contributed by atoms with Crippen LogP contribution >= 0.6 is 0 Å². The first-order valence-corrected chi connectivity index (χ1v) is 9.88. The zero-order valence-corrected chi connectivity index (χ0v) is 15.6. The quantitative estimate of drug-likeness (QED) is 0.472. The lowest BCUT2D eigenvalue weighted by atomic mass is 10.0. The van der Waals surface area contributed by atoms with Crippen LogP contribution in [-0.2, 0) is 16.6 Å². The van der Waals surface area contributed by atoms with Crippen LogP contribution in [-0.4, -0.2) is 45.4 Å². The van der Waals surface area contributed by atoms with Crippen molar-refractivity contribution in [2.45, 2.75) is 31.2 Å². The summed E-state index contributed by atoms with van der Waals surface area (Å²) in [4.78, 5) is 4.41. The lowest BCUT2D eigenvalue weighted by Crippen LogP contribution is -2.39. The third-order valence-electron chi connectivity index (χ3n) is 4.22. The summed E-state index contributed by atoms with van der Waals surface area (Å²) in [6.45, 7) is 4.23. The number of aliphatic imine (C=N–C) groups is 1. The average molecular weight is 362 g/mol. The van der Waals surface area contributed by atoms with Crippen LogP contribution in [0.15, 0.2) is 34.2 Å². The Hall–Kier alpha value is -2.04. The maximum absolute atomic E-state index is 12.7. The molecule has 25 heavy (non-hydrogen) atoms. The second-order valence-electron chi connectivity index (χ2n) is 6.24. The molecule has 1 aromatic rings. The Morgan fingerprint density at radius 2 is 2.08 bits per heavy atom. The summed E-state index contributed by atoms with van der Waals surface area (Å²) in [6, 6.07) is 6.98. The molecule has 0 spiro atoms. The van der Waals surface area contributed by atoms with E-state index in [0.717, 1.165) is 18.4 Å². The summed E-state index contributed by atoms with van der Waals surface area (Å²) in [5, 5.41) is 6.10. The summed E-state index contributed by atoms with van der Waals surface area (Å²) in [7, 11) is -1.74. The third kappa shape index (κ3) is 5.21. The Morgan fingerprint density at radius 1 is 1.36 bits per heavy atom. The second-order valence-corrected chi connectivity index (χ2v) is 8.18. The van der Waals surface area contributed by atoms with Gasteiger partial charge in [-0.05, 0) is 36.5 Å². The Morgan fingerprint density at radius 3 is 2.68 bits per heavy atom. The highest BCUT2D eigenvalue weighted by Gasteiger charge is 2.28. The number of sulfonamides is 1. The molecule has 0 saturated carbocycles. The Balaban J connectivity index is 2.00. The molecule has 2 rings (SSSR count). The molecule has 136 valence electrons. The van der Waals surface area contributed by atoms with Crippen molar-refractivity contribution in [2.24, 2.45) is 10.9 Å². The average Bonchev–Trinajstić information content (AvgIpc) is 2.62. The number of guanidine groups is 1. The molecule has 1 saturated heterocycles. The molecule has 1 atom stereocenters.